The Hall–Kier alpha value is -2.13. The molecule has 0 aliphatic carbocycles. The van der Waals surface area contributed by atoms with Crippen LogP contribution in [0.5, 0.6) is 0 Å². The minimum atomic E-state index is -0.879. The second-order valence-electron chi connectivity index (χ2n) is 4.34. The summed E-state index contributed by atoms with van der Waals surface area (Å²) in [5.41, 5.74) is 7.27. The molecule has 2 aromatic rings. The van der Waals surface area contributed by atoms with Gasteiger partial charge in [-0.2, -0.15) is 0 Å². The zero-order valence-electron chi connectivity index (χ0n) is 11.0. The molecule has 0 radical (unpaired) electrons. The van der Waals surface area contributed by atoms with Gasteiger partial charge in [0.1, 0.15) is 0 Å². The molecule has 3 nitrogen and oxygen atoms in total. The van der Waals surface area contributed by atoms with Crippen molar-refractivity contribution in [2.45, 2.75) is 19.4 Å². The Balaban J connectivity index is 0.000000191. The highest BCUT2D eigenvalue weighted by molar-refractivity contribution is 5.87. The van der Waals surface area contributed by atoms with Crippen LogP contribution in [0.4, 0.5) is 0 Å². The van der Waals surface area contributed by atoms with Crippen LogP contribution < -0.4 is 5.73 Å². The lowest BCUT2D eigenvalue weighted by Crippen LogP contribution is -2.17. The van der Waals surface area contributed by atoms with E-state index in [0.29, 0.717) is 5.56 Å². The third-order valence-electron chi connectivity index (χ3n) is 2.42. The molecule has 3 N–H and O–H groups in total. The summed E-state index contributed by atoms with van der Waals surface area (Å²) in [5, 5.41) is 8.38. The van der Waals surface area contributed by atoms with Gasteiger partial charge in [-0.15, -0.1) is 0 Å². The first-order chi connectivity index (χ1) is 9.09. The molecular weight excluding hydrogens is 238 g/mol. The van der Waals surface area contributed by atoms with Gasteiger partial charge in [0.25, 0.3) is 0 Å². The highest BCUT2D eigenvalue weighted by Crippen LogP contribution is 2.00. The summed E-state index contributed by atoms with van der Waals surface area (Å²) in [4.78, 5) is 10.2. The number of carbonyl (C=O) groups is 1. The zero-order valence-corrected chi connectivity index (χ0v) is 11.0. The van der Waals surface area contributed by atoms with Crippen molar-refractivity contribution in [3.63, 3.8) is 0 Å². The van der Waals surface area contributed by atoms with Gasteiger partial charge in [0, 0.05) is 6.04 Å². The van der Waals surface area contributed by atoms with Crippen molar-refractivity contribution in [1.29, 1.82) is 0 Å². The number of nitrogens with two attached hydrogens (primary N) is 1. The van der Waals surface area contributed by atoms with E-state index >= 15 is 0 Å². The van der Waals surface area contributed by atoms with Crippen LogP contribution in [0.2, 0.25) is 0 Å². The summed E-state index contributed by atoms with van der Waals surface area (Å²) in [6.07, 6.45) is 0.973. The molecule has 2 aromatic carbocycles. The number of hydrogen-bond acceptors (Lipinski definition) is 2. The van der Waals surface area contributed by atoms with Crippen molar-refractivity contribution < 1.29 is 9.90 Å². The third kappa shape index (κ3) is 6.38. The maximum atomic E-state index is 10.2. The van der Waals surface area contributed by atoms with Gasteiger partial charge in [-0.1, -0.05) is 48.5 Å². The van der Waals surface area contributed by atoms with Crippen LogP contribution in [-0.2, 0) is 6.42 Å². The molecule has 0 aliphatic rings. The van der Waals surface area contributed by atoms with Gasteiger partial charge >= 0.3 is 5.97 Å². The van der Waals surface area contributed by atoms with Crippen LogP contribution in [0.3, 0.4) is 0 Å². The first kappa shape index (κ1) is 14.9. The summed E-state index contributed by atoms with van der Waals surface area (Å²) in [6, 6.07) is 18.9. The molecule has 0 fully saturated rings. The van der Waals surface area contributed by atoms with Gasteiger partial charge in [-0.25, -0.2) is 4.79 Å². The van der Waals surface area contributed by atoms with E-state index in [4.69, 9.17) is 10.8 Å². The molecule has 2 rings (SSSR count). The molecule has 0 heterocycles. The highest BCUT2D eigenvalue weighted by atomic mass is 16.4. The summed E-state index contributed by atoms with van der Waals surface area (Å²) < 4.78 is 0. The molecule has 0 aliphatic heterocycles. The van der Waals surface area contributed by atoms with Crippen LogP contribution in [0, 0.1) is 0 Å². The molecule has 0 spiro atoms. The normalized spacial score (nSPS) is 11.1. The van der Waals surface area contributed by atoms with Crippen molar-refractivity contribution in [1.82, 2.24) is 0 Å². The van der Waals surface area contributed by atoms with Gasteiger partial charge in [0.15, 0.2) is 0 Å². The van der Waals surface area contributed by atoms with Crippen LogP contribution >= 0.6 is 0 Å². The monoisotopic (exact) mass is 257 g/mol. The minimum Gasteiger partial charge on any atom is -0.478 e. The average Bonchev–Trinajstić information content (AvgIpc) is 2.41. The predicted octanol–water partition coefficient (Wildman–Crippen LogP) is 2.96. The van der Waals surface area contributed by atoms with Gasteiger partial charge in [0.2, 0.25) is 0 Å². The van der Waals surface area contributed by atoms with Crippen molar-refractivity contribution in [3.8, 4) is 0 Å². The topological polar surface area (TPSA) is 63.3 Å². The van der Waals surface area contributed by atoms with Crippen molar-refractivity contribution >= 4 is 5.97 Å². The molecule has 100 valence electrons. The molecule has 0 amide bonds. The standard InChI is InChI=1S/C9H13N.C7H6O2/c1-8(10)7-9-5-3-2-4-6-9;8-7(9)6-4-2-1-3-5-6/h2-6,8H,7,10H2,1H3;1-5H,(H,8,9). The Morgan fingerprint density at radius 1 is 1.05 bits per heavy atom. The average molecular weight is 257 g/mol. The highest BCUT2D eigenvalue weighted by Gasteiger charge is 1.96. The van der Waals surface area contributed by atoms with E-state index in [1.165, 1.54) is 5.56 Å². The van der Waals surface area contributed by atoms with Crippen LogP contribution in [-0.4, -0.2) is 17.1 Å². The first-order valence-electron chi connectivity index (χ1n) is 6.17. The molecule has 0 aromatic heterocycles. The quantitative estimate of drug-likeness (QED) is 0.888. The van der Waals surface area contributed by atoms with Gasteiger partial charge in [0.05, 0.1) is 5.56 Å². The second-order valence-corrected chi connectivity index (χ2v) is 4.34. The van der Waals surface area contributed by atoms with Crippen molar-refractivity contribution in [2.75, 3.05) is 0 Å². The summed E-state index contributed by atoms with van der Waals surface area (Å²) in [7, 11) is 0. The van der Waals surface area contributed by atoms with E-state index in [1.807, 2.05) is 25.1 Å². The maximum Gasteiger partial charge on any atom is 0.335 e. The largest absolute Gasteiger partial charge is 0.478 e. The SMILES string of the molecule is CC(N)Cc1ccccc1.O=C(O)c1ccccc1. The van der Waals surface area contributed by atoms with Gasteiger partial charge in [-0.05, 0) is 31.0 Å². The Labute approximate surface area is 113 Å². The van der Waals surface area contributed by atoms with E-state index in [2.05, 4.69) is 12.1 Å². The fraction of sp³-hybridized carbons (Fsp3) is 0.188. The molecule has 1 unspecified atom stereocenters. The van der Waals surface area contributed by atoms with Crippen LogP contribution in [0.1, 0.15) is 22.8 Å². The predicted molar refractivity (Wildman–Crippen MR) is 77.2 cm³/mol. The fourth-order valence-electron chi connectivity index (χ4n) is 1.57. The number of carboxylic acid groups (broad SMARTS) is 1. The van der Waals surface area contributed by atoms with E-state index in [1.54, 1.807) is 30.3 Å². The van der Waals surface area contributed by atoms with Crippen LogP contribution in [0.25, 0.3) is 0 Å². The summed E-state index contributed by atoms with van der Waals surface area (Å²) in [6.45, 7) is 2.02. The first-order valence-corrected chi connectivity index (χ1v) is 6.17. The molecular formula is C16H19NO2. The van der Waals surface area contributed by atoms with Crippen molar-refractivity contribution in [3.05, 3.63) is 71.8 Å². The molecule has 0 bridgehead atoms. The molecule has 0 saturated carbocycles. The van der Waals surface area contributed by atoms with Crippen LogP contribution in [0.15, 0.2) is 60.7 Å². The second kappa shape index (κ2) is 8.06. The lowest BCUT2D eigenvalue weighted by atomic mass is 10.1. The fourth-order valence-corrected chi connectivity index (χ4v) is 1.57. The van der Waals surface area contributed by atoms with Crippen molar-refractivity contribution in [2.24, 2.45) is 5.73 Å². The smallest absolute Gasteiger partial charge is 0.335 e. The third-order valence-corrected chi connectivity index (χ3v) is 2.42. The lowest BCUT2D eigenvalue weighted by Gasteiger charge is -2.02. The maximum absolute atomic E-state index is 10.2. The van der Waals surface area contributed by atoms with E-state index in [0.717, 1.165) is 6.42 Å². The zero-order chi connectivity index (χ0) is 14.1. The molecule has 3 heteroatoms. The number of aromatic carboxylic acids is 1. The molecule has 0 saturated heterocycles. The number of rotatable bonds is 3. The van der Waals surface area contributed by atoms with Gasteiger partial charge < -0.3 is 10.8 Å². The van der Waals surface area contributed by atoms with E-state index in [-0.39, 0.29) is 6.04 Å². The number of hydrogen-bond donors (Lipinski definition) is 2. The number of benzene rings is 2. The van der Waals surface area contributed by atoms with E-state index in [9.17, 15) is 4.79 Å². The summed E-state index contributed by atoms with van der Waals surface area (Å²) >= 11 is 0. The Morgan fingerprint density at radius 3 is 1.89 bits per heavy atom. The Morgan fingerprint density at radius 2 is 1.53 bits per heavy atom. The van der Waals surface area contributed by atoms with Gasteiger partial charge in [-0.3, -0.25) is 0 Å². The summed E-state index contributed by atoms with van der Waals surface area (Å²) in [5.74, 6) is -0.879. The Kier molecular flexibility index (Phi) is 6.33. The molecule has 19 heavy (non-hydrogen) atoms. The Bertz CT molecular complexity index is 481. The molecule has 1 atom stereocenters. The minimum absolute atomic E-state index is 0.266. The lowest BCUT2D eigenvalue weighted by molar-refractivity contribution is 0.0697. The van der Waals surface area contributed by atoms with E-state index < -0.39 is 5.97 Å². The number of carboxylic acids is 1.